The van der Waals surface area contributed by atoms with Crippen LogP contribution in [0.3, 0.4) is 0 Å². The lowest BCUT2D eigenvalue weighted by Gasteiger charge is -2.24. The van der Waals surface area contributed by atoms with Gasteiger partial charge < -0.3 is 10.1 Å². The number of Topliss-reactive ketones (excluding diaryl/α,β-unsaturated/α-hetero) is 2. The second kappa shape index (κ2) is 9.83. The number of hydrogen-bond acceptors (Lipinski definition) is 5. The molecule has 1 aliphatic carbocycles. The van der Waals surface area contributed by atoms with E-state index < -0.39 is 17.6 Å². The quantitative estimate of drug-likeness (QED) is 0.646. The molecule has 0 heterocycles. The van der Waals surface area contributed by atoms with Crippen molar-refractivity contribution in [2.75, 3.05) is 0 Å². The van der Waals surface area contributed by atoms with Crippen LogP contribution in [0, 0.1) is 0 Å². The Kier molecular flexibility index (Phi) is 7.71. The summed E-state index contributed by atoms with van der Waals surface area (Å²) < 4.78 is 5.38. The molecule has 0 saturated heterocycles. The van der Waals surface area contributed by atoms with Crippen molar-refractivity contribution in [2.24, 2.45) is 0 Å². The Morgan fingerprint density at radius 2 is 1.67 bits per heavy atom. The second-order valence-electron chi connectivity index (χ2n) is 8.60. The molecular weight excluding hydrogens is 382 g/mol. The molecule has 1 aromatic rings. The maximum absolute atomic E-state index is 12.8. The SMILES string of the molecule is CCC[C@H](NC(=O)CCCC1=C(C)C(=O)c2ccccc2C1=O)C(=O)OC(C)(C)C. The smallest absolute Gasteiger partial charge is 0.329 e. The van der Waals surface area contributed by atoms with E-state index in [4.69, 9.17) is 4.74 Å². The Morgan fingerprint density at radius 1 is 1.07 bits per heavy atom. The first-order valence-electron chi connectivity index (χ1n) is 10.5. The van der Waals surface area contributed by atoms with Crippen LogP contribution in [0.15, 0.2) is 35.4 Å². The minimum atomic E-state index is -0.688. The van der Waals surface area contributed by atoms with Gasteiger partial charge in [0.2, 0.25) is 5.91 Å². The molecule has 1 atom stereocenters. The number of amides is 1. The number of hydrogen-bond donors (Lipinski definition) is 1. The summed E-state index contributed by atoms with van der Waals surface area (Å²) in [4.78, 5) is 50.0. The fourth-order valence-corrected chi connectivity index (χ4v) is 3.45. The molecule has 0 fully saturated rings. The van der Waals surface area contributed by atoms with Crippen LogP contribution in [0.4, 0.5) is 0 Å². The highest BCUT2D eigenvalue weighted by Gasteiger charge is 2.29. The molecular formula is C24H31NO5. The van der Waals surface area contributed by atoms with Crippen LogP contribution in [-0.2, 0) is 14.3 Å². The largest absolute Gasteiger partial charge is 0.458 e. The molecule has 6 nitrogen and oxygen atoms in total. The Labute approximate surface area is 178 Å². The monoisotopic (exact) mass is 413 g/mol. The first kappa shape index (κ1) is 23.5. The van der Waals surface area contributed by atoms with Gasteiger partial charge in [-0.1, -0.05) is 37.6 Å². The maximum Gasteiger partial charge on any atom is 0.329 e. The predicted octanol–water partition coefficient (Wildman–Crippen LogP) is 4.18. The standard InChI is InChI=1S/C24H31NO5/c1-6-10-19(23(29)30-24(3,4)5)25-20(26)14-9-13-16-15(2)21(27)17-11-7-8-12-18(17)22(16)28/h7-8,11-12,19H,6,9-10,13-14H2,1-5H3,(H,25,26)/t19-/m0/s1. The molecule has 30 heavy (non-hydrogen) atoms. The van der Waals surface area contributed by atoms with Gasteiger partial charge in [0.1, 0.15) is 11.6 Å². The number of benzene rings is 1. The lowest BCUT2D eigenvalue weighted by Crippen LogP contribution is -2.44. The number of ether oxygens (including phenoxy) is 1. The highest BCUT2D eigenvalue weighted by Crippen LogP contribution is 2.28. The van der Waals surface area contributed by atoms with Gasteiger partial charge in [0, 0.05) is 28.7 Å². The minimum Gasteiger partial charge on any atom is -0.458 e. The van der Waals surface area contributed by atoms with Gasteiger partial charge in [-0.2, -0.15) is 0 Å². The lowest BCUT2D eigenvalue weighted by atomic mass is 9.83. The Bertz CT molecular complexity index is 876. The summed E-state index contributed by atoms with van der Waals surface area (Å²) >= 11 is 0. The topological polar surface area (TPSA) is 89.5 Å². The third-order valence-corrected chi connectivity index (χ3v) is 4.92. The number of esters is 1. The van der Waals surface area contributed by atoms with Crippen molar-refractivity contribution in [2.45, 2.75) is 78.4 Å². The zero-order valence-corrected chi connectivity index (χ0v) is 18.5. The highest BCUT2D eigenvalue weighted by molar-refractivity contribution is 6.26. The van der Waals surface area contributed by atoms with Crippen molar-refractivity contribution in [1.82, 2.24) is 5.32 Å². The molecule has 0 bridgehead atoms. The molecule has 0 radical (unpaired) electrons. The average Bonchev–Trinajstić information content (AvgIpc) is 2.67. The van der Waals surface area contributed by atoms with Crippen LogP contribution < -0.4 is 5.32 Å². The maximum atomic E-state index is 12.8. The Balaban J connectivity index is 1.96. The van der Waals surface area contributed by atoms with E-state index >= 15 is 0 Å². The summed E-state index contributed by atoms with van der Waals surface area (Å²) in [6, 6.07) is 6.11. The fraction of sp³-hybridized carbons (Fsp3) is 0.500. The Hall–Kier alpha value is -2.76. The van der Waals surface area contributed by atoms with Gasteiger partial charge >= 0.3 is 5.97 Å². The molecule has 1 N–H and O–H groups in total. The molecule has 1 amide bonds. The number of nitrogens with one attached hydrogen (secondary N) is 1. The molecule has 6 heteroatoms. The first-order chi connectivity index (χ1) is 14.0. The van der Waals surface area contributed by atoms with E-state index in [0.29, 0.717) is 41.5 Å². The minimum absolute atomic E-state index is 0.141. The molecule has 162 valence electrons. The van der Waals surface area contributed by atoms with Gasteiger partial charge in [-0.25, -0.2) is 4.79 Å². The van der Waals surface area contributed by atoms with Crippen LogP contribution in [0.5, 0.6) is 0 Å². The van der Waals surface area contributed by atoms with Crippen LogP contribution >= 0.6 is 0 Å². The van der Waals surface area contributed by atoms with E-state index in [1.165, 1.54) is 0 Å². The normalized spacial score (nSPS) is 15.0. The van der Waals surface area contributed by atoms with Crippen molar-refractivity contribution >= 4 is 23.4 Å². The van der Waals surface area contributed by atoms with E-state index in [-0.39, 0.29) is 23.9 Å². The molecule has 0 aromatic heterocycles. The van der Waals surface area contributed by atoms with Crippen molar-refractivity contribution in [3.05, 3.63) is 46.5 Å². The van der Waals surface area contributed by atoms with Gasteiger partial charge in [-0.05, 0) is 47.0 Å². The highest BCUT2D eigenvalue weighted by atomic mass is 16.6. The summed E-state index contributed by atoms with van der Waals surface area (Å²) in [5.74, 6) is -1.01. The van der Waals surface area contributed by atoms with Crippen molar-refractivity contribution in [3.63, 3.8) is 0 Å². The van der Waals surface area contributed by atoms with Gasteiger partial charge in [-0.15, -0.1) is 0 Å². The molecule has 0 saturated carbocycles. The first-order valence-corrected chi connectivity index (χ1v) is 10.5. The lowest BCUT2D eigenvalue weighted by molar-refractivity contribution is -0.158. The zero-order valence-electron chi connectivity index (χ0n) is 18.5. The van der Waals surface area contributed by atoms with Gasteiger partial charge in [0.05, 0.1) is 0 Å². The third kappa shape index (κ3) is 5.88. The van der Waals surface area contributed by atoms with E-state index in [1.54, 1.807) is 52.0 Å². The van der Waals surface area contributed by atoms with Gasteiger partial charge in [-0.3, -0.25) is 14.4 Å². The number of carbonyl (C=O) groups excluding carboxylic acids is 4. The van der Waals surface area contributed by atoms with Crippen LogP contribution in [0.25, 0.3) is 0 Å². The third-order valence-electron chi connectivity index (χ3n) is 4.92. The van der Waals surface area contributed by atoms with Crippen LogP contribution in [0.1, 0.15) is 87.4 Å². The van der Waals surface area contributed by atoms with E-state index in [0.717, 1.165) is 6.42 Å². The predicted molar refractivity (Wildman–Crippen MR) is 114 cm³/mol. The molecule has 2 rings (SSSR count). The number of allylic oxidation sites excluding steroid dienone is 2. The second-order valence-corrected chi connectivity index (χ2v) is 8.60. The Morgan fingerprint density at radius 3 is 2.23 bits per heavy atom. The molecule has 0 spiro atoms. The molecule has 1 aliphatic rings. The van der Waals surface area contributed by atoms with Gasteiger partial charge in [0.25, 0.3) is 0 Å². The number of fused-ring (bicyclic) bond motifs is 1. The van der Waals surface area contributed by atoms with Crippen LogP contribution in [0.2, 0.25) is 0 Å². The number of ketones is 2. The van der Waals surface area contributed by atoms with E-state index in [1.807, 2.05) is 6.92 Å². The van der Waals surface area contributed by atoms with Crippen LogP contribution in [-0.4, -0.2) is 35.1 Å². The summed E-state index contributed by atoms with van der Waals surface area (Å²) in [5.41, 5.74) is 1.13. The average molecular weight is 414 g/mol. The van der Waals surface area contributed by atoms with E-state index in [9.17, 15) is 19.2 Å². The summed E-state index contributed by atoms with van der Waals surface area (Å²) in [6.07, 6.45) is 2.12. The zero-order chi connectivity index (χ0) is 22.5. The van der Waals surface area contributed by atoms with Crippen molar-refractivity contribution in [1.29, 1.82) is 0 Å². The van der Waals surface area contributed by atoms with Gasteiger partial charge in [0.15, 0.2) is 11.6 Å². The van der Waals surface area contributed by atoms with Crippen molar-refractivity contribution < 1.29 is 23.9 Å². The number of carbonyl (C=O) groups is 4. The summed E-state index contributed by atoms with van der Waals surface area (Å²) in [5, 5.41) is 2.74. The number of rotatable bonds is 8. The molecule has 0 aliphatic heterocycles. The molecule has 1 aromatic carbocycles. The molecule has 0 unspecified atom stereocenters. The summed E-state index contributed by atoms with van der Waals surface area (Å²) in [7, 11) is 0. The van der Waals surface area contributed by atoms with E-state index in [2.05, 4.69) is 5.32 Å². The summed E-state index contributed by atoms with van der Waals surface area (Å²) in [6.45, 7) is 8.94. The fourth-order valence-electron chi connectivity index (χ4n) is 3.45. The van der Waals surface area contributed by atoms with Crippen molar-refractivity contribution in [3.8, 4) is 0 Å².